The molecule has 0 amide bonds. The number of likely N-dealkylation sites (tertiary alicyclic amines) is 1. The molecule has 0 radical (unpaired) electrons. The molecule has 0 bridgehead atoms. The first kappa shape index (κ1) is 15.8. The minimum Gasteiger partial charge on any atom is -0.353 e. The zero-order chi connectivity index (χ0) is 16.4. The molecule has 1 saturated heterocycles. The van der Waals surface area contributed by atoms with Crippen LogP contribution in [0, 0.1) is 18.6 Å². The SMILES string of the molecule is Cc1nc(NC[C@@H]2CCCN2C)ncc1-c1ccc(F)cc1F. The predicted molar refractivity (Wildman–Crippen MR) is 86.3 cm³/mol. The first-order valence-corrected chi connectivity index (χ1v) is 7.78. The maximum atomic E-state index is 13.9. The van der Waals surface area contributed by atoms with Gasteiger partial charge in [-0.25, -0.2) is 18.7 Å². The number of benzene rings is 1. The van der Waals surface area contributed by atoms with E-state index in [2.05, 4.69) is 27.2 Å². The largest absolute Gasteiger partial charge is 0.353 e. The number of halogens is 2. The Morgan fingerprint density at radius 1 is 1.30 bits per heavy atom. The Morgan fingerprint density at radius 2 is 2.13 bits per heavy atom. The molecule has 2 heterocycles. The second-order valence-corrected chi connectivity index (χ2v) is 5.97. The number of nitrogens with zero attached hydrogens (tertiary/aromatic N) is 3. The van der Waals surface area contributed by atoms with Gasteiger partial charge in [0, 0.05) is 36.0 Å². The lowest BCUT2D eigenvalue weighted by Crippen LogP contribution is -2.32. The van der Waals surface area contributed by atoms with E-state index in [1.54, 1.807) is 13.1 Å². The zero-order valence-electron chi connectivity index (χ0n) is 13.3. The minimum absolute atomic E-state index is 0.311. The average molecular weight is 318 g/mol. The van der Waals surface area contributed by atoms with Gasteiger partial charge in [-0.05, 0) is 45.5 Å². The van der Waals surface area contributed by atoms with Crippen LogP contribution < -0.4 is 5.32 Å². The zero-order valence-corrected chi connectivity index (χ0v) is 13.3. The van der Waals surface area contributed by atoms with Gasteiger partial charge in [0.05, 0.1) is 5.69 Å². The third kappa shape index (κ3) is 3.47. The Kier molecular flexibility index (Phi) is 4.52. The van der Waals surface area contributed by atoms with Crippen LogP contribution in [0.4, 0.5) is 14.7 Å². The summed E-state index contributed by atoms with van der Waals surface area (Å²) < 4.78 is 26.9. The topological polar surface area (TPSA) is 41.1 Å². The third-order valence-corrected chi connectivity index (χ3v) is 4.37. The summed E-state index contributed by atoms with van der Waals surface area (Å²) in [6.45, 7) is 3.71. The number of hydrogen-bond acceptors (Lipinski definition) is 4. The Hall–Kier alpha value is -2.08. The fourth-order valence-electron chi connectivity index (χ4n) is 2.97. The predicted octanol–water partition coefficient (Wildman–Crippen LogP) is 3.24. The van der Waals surface area contributed by atoms with Crippen LogP contribution in [0.25, 0.3) is 11.1 Å². The molecule has 0 saturated carbocycles. The van der Waals surface area contributed by atoms with E-state index in [4.69, 9.17) is 0 Å². The summed E-state index contributed by atoms with van der Waals surface area (Å²) in [6.07, 6.45) is 3.96. The fraction of sp³-hybridized carbons (Fsp3) is 0.412. The number of aromatic nitrogens is 2. The highest BCUT2D eigenvalue weighted by molar-refractivity contribution is 5.66. The standard InChI is InChI=1S/C17H20F2N4/c1-11-15(14-6-5-12(18)8-16(14)19)10-21-17(22-11)20-9-13-4-3-7-23(13)2/h5-6,8,10,13H,3-4,7,9H2,1-2H3,(H,20,21,22)/t13-/m0/s1. The molecule has 2 aromatic rings. The first-order valence-electron chi connectivity index (χ1n) is 7.78. The Morgan fingerprint density at radius 3 is 2.78 bits per heavy atom. The van der Waals surface area contributed by atoms with Crippen LogP contribution in [-0.4, -0.2) is 41.0 Å². The average Bonchev–Trinajstić information content (AvgIpc) is 2.91. The number of likely N-dealkylation sites (N-methyl/N-ethyl adjacent to an activating group) is 1. The summed E-state index contributed by atoms with van der Waals surface area (Å²) in [5.41, 5.74) is 1.55. The van der Waals surface area contributed by atoms with Gasteiger partial charge < -0.3 is 10.2 Å². The molecule has 122 valence electrons. The van der Waals surface area contributed by atoms with Crippen molar-refractivity contribution in [3.05, 3.63) is 41.7 Å². The summed E-state index contributed by atoms with van der Waals surface area (Å²) in [4.78, 5) is 11.0. The third-order valence-electron chi connectivity index (χ3n) is 4.37. The van der Waals surface area contributed by atoms with Gasteiger partial charge in [-0.3, -0.25) is 0 Å². The van der Waals surface area contributed by atoms with Crippen molar-refractivity contribution in [3.8, 4) is 11.1 Å². The van der Waals surface area contributed by atoms with Crippen LogP contribution in [0.15, 0.2) is 24.4 Å². The molecule has 1 aromatic heterocycles. The number of nitrogens with one attached hydrogen (secondary N) is 1. The molecule has 1 atom stereocenters. The fourth-order valence-corrected chi connectivity index (χ4v) is 2.97. The molecule has 1 aliphatic rings. The number of aryl methyl sites for hydroxylation is 1. The van der Waals surface area contributed by atoms with Crippen LogP contribution >= 0.6 is 0 Å². The summed E-state index contributed by atoms with van der Waals surface area (Å²) >= 11 is 0. The molecule has 4 nitrogen and oxygen atoms in total. The lowest BCUT2D eigenvalue weighted by atomic mass is 10.1. The van der Waals surface area contributed by atoms with E-state index in [0.29, 0.717) is 28.8 Å². The Balaban J connectivity index is 1.75. The molecule has 1 N–H and O–H groups in total. The van der Waals surface area contributed by atoms with E-state index in [1.165, 1.54) is 25.0 Å². The summed E-state index contributed by atoms with van der Waals surface area (Å²) in [5, 5.41) is 3.24. The van der Waals surface area contributed by atoms with Crippen molar-refractivity contribution in [2.24, 2.45) is 0 Å². The minimum atomic E-state index is -0.606. The van der Waals surface area contributed by atoms with E-state index in [1.807, 2.05) is 0 Å². The normalized spacial score (nSPS) is 18.3. The van der Waals surface area contributed by atoms with Gasteiger partial charge in [-0.2, -0.15) is 0 Å². The van der Waals surface area contributed by atoms with Gasteiger partial charge in [-0.15, -0.1) is 0 Å². The summed E-state index contributed by atoms with van der Waals surface area (Å²) in [6, 6.07) is 4.02. The molecule has 1 aliphatic heterocycles. The van der Waals surface area contributed by atoms with Crippen molar-refractivity contribution in [1.82, 2.24) is 14.9 Å². The van der Waals surface area contributed by atoms with Crippen molar-refractivity contribution < 1.29 is 8.78 Å². The van der Waals surface area contributed by atoms with Crippen LogP contribution in [0.3, 0.4) is 0 Å². The molecular formula is C17H20F2N4. The second-order valence-electron chi connectivity index (χ2n) is 5.97. The van der Waals surface area contributed by atoms with E-state index in [0.717, 1.165) is 19.2 Å². The molecule has 6 heteroatoms. The monoisotopic (exact) mass is 318 g/mol. The molecule has 1 aromatic carbocycles. The van der Waals surface area contributed by atoms with Gasteiger partial charge in [0.1, 0.15) is 11.6 Å². The van der Waals surface area contributed by atoms with Crippen molar-refractivity contribution in [2.75, 3.05) is 25.5 Å². The highest BCUT2D eigenvalue weighted by Crippen LogP contribution is 2.25. The van der Waals surface area contributed by atoms with Crippen LogP contribution in [-0.2, 0) is 0 Å². The molecule has 0 aliphatic carbocycles. The van der Waals surface area contributed by atoms with Gasteiger partial charge >= 0.3 is 0 Å². The Labute approximate surface area is 134 Å². The molecule has 0 unspecified atom stereocenters. The number of hydrogen-bond donors (Lipinski definition) is 1. The molecular weight excluding hydrogens is 298 g/mol. The van der Waals surface area contributed by atoms with Crippen molar-refractivity contribution in [3.63, 3.8) is 0 Å². The van der Waals surface area contributed by atoms with Gasteiger partial charge in [0.15, 0.2) is 0 Å². The highest BCUT2D eigenvalue weighted by atomic mass is 19.1. The van der Waals surface area contributed by atoms with Crippen molar-refractivity contribution in [1.29, 1.82) is 0 Å². The van der Waals surface area contributed by atoms with Crippen molar-refractivity contribution >= 4 is 5.95 Å². The molecule has 23 heavy (non-hydrogen) atoms. The molecule has 1 fully saturated rings. The summed E-state index contributed by atoms with van der Waals surface area (Å²) in [7, 11) is 2.12. The van der Waals surface area contributed by atoms with E-state index < -0.39 is 11.6 Å². The Bertz CT molecular complexity index is 705. The highest BCUT2D eigenvalue weighted by Gasteiger charge is 2.20. The molecule has 0 spiro atoms. The van der Waals surface area contributed by atoms with E-state index in [-0.39, 0.29) is 0 Å². The van der Waals surface area contributed by atoms with Gasteiger partial charge in [0.25, 0.3) is 0 Å². The van der Waals surface area contributed by atoms with Crippen LogP contribution in [0.2, 0.25) is 0 Å². The number of rotatable bonds is 4. The molecule has 3 rings (SSSR count). The first-order chi connectivity index (χ1) is 11.0. The second kappa shape index (κ2) is 6.58. The quantitative estimate of drug-likeness (QED) is 0.939. The lowest BCUT2D eigenvalue weighted by molar-refractivity contribution is 0.322. The maximum Gasteiger partial charge on any atom is 0.222 e. The van der Waals surface area contributed by atoms with Crippen LogP contribution in [0.1, 0.15) is 18.5 Å². The van der Waals surface area contributed by atoms with E-state index >= 15 is 0 Å². The van der Waals surface area contributed by atoms with Gasteiger partial charge in [-0.1, -0.05) is 0 Å². The number of anilines is 1. The van der Waals surface area contributed by atoms with Gasteiger partial charge in [0.2, 0.25) is 5.95 Å². The smallest absolute Gasteiger partial charge is 0.222 e. The van der Waals surface area contributed by atoms with Crippen molar-refractivity contribution in [2.45, 2.75) is 25.8 Å². The summed E-state index contributed by atoms with van der Waals surface area (Å²) in [5.74, 6) is -0.664. The lowest BCUT2D eigenvalue weighted by Gasteiger charge is -2.19. The maximum absolute atomic E-state index is 13.9. The van der Waals surface area contributed by atoms with Crippen LogP contribution in [0.5, 0.6) is 0 Å². The van der Waals surface area contributed by atoms with E-state index in [9.17, 15) is 8.78 Å².